The van der Waals surface area contributed by atoms with Crippen LogP contribution in [0.1, 0.15) is 41.9 Å². The quantitative estimate of drug-likeness (QED) is 0.764. The van der Waals surface area contributed by atoms with Gasteiger partial charge in [0.05, 0.1) is 6.04 Å². The SMILES string of the molecule is CC(=O)Nc1nc(C(=O)NCC(c2c(F)cccc2Cl)N2CCCC2)cs1. The van der Waals surface area contributed by atoms with Gasteiger partial charge in [-0.3, -0.25) is 14.5 Å². The van der Waals surface area contributed by atoms with Gasteiger partial charge in [-0.05, 0) is 38.1 Å². The Labute approximate surface area is 165 Å². The van der Waals surface area contributed by atoms with Crippen LogP contribution in [0.15, 0.2) is 23.6 Å². The van der Waals surface area contributed by atoms with Gasteiger partial charge in [0, 0.05) is 29.4 Å². The van der Waals surface area contributed by atoms with Gasteiger partial charge in [-0.15, -0.1) is 11.3 Å². The van der Waals surface area contributed by atoms with Crippen molar-refractivity contribution in [3.63, 3.8) is 0 Å². The summed E-state index contributed by atoms with van der Waals surface area (Å²) in [5, 5.41) is 7.65. The van der Waals surface area contributed by atoms with Crippen molar-refractivity contribution in [3.05, 3.63) is 45.7 Å². The number of hydrogen-bond donors (Lipinski definition) is 2. The summed E-state index contributed by atoms with van der Waals surface area (Å²) in [5.41, 5.74) is 0.613. The molecule has 3 rings (SSSR count). The van der Waals surface area contributed by atoms with E-state index in [1.54, 1.807) is 17.5 Å². The fourth-order valence-corrected chi connectivity index (χ4v) is 4.19. The maximum absolute atomic E-state index is 14.5. The van der Waals surface area contributed by atoms with Gasteiger partial charge >= 0.3 is 0 Å². The first-order valence-corrected chi connectivity index (χ1v) is 9.90. The van der Waals surface area contributed by atoms with E-state index in [9.17, 15) is 14.0 Å². The van der Waals surface area contributed by atoms with E-state index >= 15 is 0 Å². The number of rotatable bonds is 6. The summed E-state index contributed by atoms with van der Waals surface area (Å²) < 4.78 is 14.5. The topological polar surface area (TPSA) is 74.3 Å². The molecule has 1 fully saturated rings. The lowest BCUT2D eigenvalue weighted by Gasteiger charge is -2.29. The summed E-state index contributed by atoms with van der Waals surface area (Å²) in [6.45, 7) is 3.25. The summed E-state index contributed by atoms with van der Waals surface area (Å²) in [5.74, 6) is -1.01. The maximum atomic E-state index is 14.5. The highest BCUT2D eigenvalue weighted by Crippen LogP contribution is 2.32. The maximum Gasteiger partial charge on any atom is 0.270 e. The molecule has 144 valence electrons. The first kappa shape index (κ1) is 19.7. The van der Waals surface area contributed by atoms with E-state index in [0.29, 0.717) is 15.7 Å². The standard InChI is InChI=1S/C18H20ClFN4O2S/c1-11(25)22-18-23-14(10-27-18)17(26)21-9-15(24-7-2-3-8-24)16-12(19)5-4-6-13(16)20/h4-6,10,15H,2-3,7-9H2,1H3,(H,21,26)(H,22,23,25). The Morgan fingerprint density at radius 1 is 1.37 bits per heavy atom. The molecule has 1 atom stereocenters. The van der Waals surface area contributed by atoms with Gasteiger partial charge in [-0.25, -0.2) is 9.37 Å². The molecular weight excluding hydrogens is 391 g/mol. The molecule has 2 heterocycles. The van der Waals surface area contributed by atoms with Crippen LogP contribution in [0.5, 0.6) is 0 Å². The zero-order chi connectivity index (χ0) is 19.4. The Kier molecular flexibility index (Phi) is 6.41. The third-order valence-electron chi connectivity index (χ3n) is 4.39. The second-order valence-corrected chi connectivity index (χ2v) is 7.59. The average Bonchev–Trinajstić information content (AvgIpc) is 3.28. The Morgan fingerprint density at radius 3 is 2.78 bits per heavy atom. The Morgan fingerprint density at radius 2 is 2.11 bits per heavy atom. The number of nitrogens with one attached hydrogen (secondary N) is 2. The summed E-state index contributed by atoms with van der Waals surface area (Å²) in [6, 6.07) is 4.26. The molecule has 27 heavy (non-hydrogen) atoms. The number of hydrogen-bond acceptors (Lipinski definition) is 5. The highest BCUT2D eigenvalue weighted by atomic mass is 35.5. The van der Waals surface area contributed by atoms with E-state index in [2.05, 4.69) is 20.5 Å². The minimum Gasteiger partial charge on any atom is -0.349 e. The van der Waals surface area contributed by atoms with Crippen molar-refractivity contribution in [2.45, 2.75) is 25.8 Å². The number of nitrogens with zero attached hydrogens (tertiary/aromatic N) is 2. The first-order chi connectivity index (χ1) is 13.0. The van der Waals surface area contributed by atoms with Crippen LogP contribution in [0.3, 0.4) is 0 Å². The zero-order valence-corrected chi connectivity index (χ0v) is 16.4. The van der Waals surface area contributed by atoms with Gasteiger partial charge in [-0.1, -0.05) is 17.7 Å². The van der Waals surface area contributed by atoms with Crippen molar-refractivity contribution in [2.24, 2.45) is 0 Å². The molecule has 1 aliphatic rings. The summed E-state index contributed by atoms with van der Waals surface area (Å²) in [7, 11) is 0. The van der Waals surface area contributed by atoms with E-state index in [-0.39, 0.29) is 35.9 Å². The van der Waals surface area contributed by atoms with Crippen molar-refractivity contribution in [1.29, 1.82) is 0 Å². The average molecular weight is 411 g/mol. The van der Waals surface area contributed by atoms with Crippen LogP contribution < -0.4 is 10.6 Å². The predicted molar refractivity (Wildman–Crippen MR) is 104 cm³/mol. The van der Waals surface area contributed by atoms with Crippen molar-refractivity contribution in [1.82, 2.24) is 15.2 Å². The van der Waals surface area contributed by atoms with Gasteiger partial charge in [-0.2, -0.15) is 0 Å². The largest absolute Gasteiger partial charge is 0.349 e. The van der Waals surface area contributed by atoms with Gasteiger partial charge in [0.2, 0.25) is 5.91 Å². The van der Waals surface area contributed by atoms with Crippen molar-refractivity contribution in [2.75, 3.05) is 25.0 Å². The van der Waals surface area contributed by atoms with E-state index in [0.717, 1.165) is 25.9 Å². The lowest BCUT2D eigenvalue weighted by molar-refractivity contribution is -0.114. The number of amides is 2. The molecule has 0 saturated carbocycles. The molecular formula is C18H20ClFN4O2S. The number of anilines is 1. The third-order valence-corrected chi connectivity index (χ3v) is 5.48. The Balaban J connectivity index is 1.74. The molecule has 6 nitrogen and oxygen atoms in total. The minimum atomic E-state index is -0.379. The number of halogens is 2. The lowest BCUT2D eigenvalue weighted by atomic mass is 10.0. The van der Waals surface area contributed by atoms with Crippen LogP contribution in [0.25, 0.3) is 0 Å². The molecule has 9 heteroatoms. The van der Waals surface area contributed by atoms with Gasteiger partial charge in [0.15, 0.2) is 5.13 Å². The number of carbonyl (C=O) groups is 2. The molecule has 1 unspecified atom stereocenters. The fourth-order valence-electron chi connectivity index (χ4n) is 3.16. The molecule has 0 spiro atoms. The van der Waals surface area contributed by atoms with Crippen LogP contribution in [0.2, 0.25) is 5.02 Å². The molecule has 2 aromatic rings. The van der Waals surface area contributed by atoms with Gasteiger partial charge in [0.25, 0.3) is 5.91 Å². The summed E-state index contributed by atoms with van der Waals surface area (Å²) in [4.78, 5) is 29.7. The molecule has 2 amide bonds. The van der Waals surface area contributed by atoms with Crippen LogP contribution in [0.4, 0.5) is 9.52 Å². The van der Waals surface area contributed by atoms with Crippen LogP contribution in [-0.2, 0) is 4.79 Å². The number of thiazole rings is 1. The zero-order valence-electron chi connectivity index (χ0n) is 14.8. The smallest absolute Gasteiger partial charge is 0.270 e. The van der Waals surface area contributed by atoms with E-state index in [4.69, 9.17) is 11.6 Å². The molecule has 0 aliphatic carbocycles. The molecule has 1 saturated heterocycles. The van der Waals surface area contributed by atoms with Gasteiger partial charge < -0.3 is 10.6 Å². The summed E-state index contributed by atoms with van der Waals surface area (Å²) in [6.07, 6.45) is 2.06. The van der Waals surface area contributed by atoms with E-state index in [1.807, 2.05) is 0 Å². The van der Waals surface area contributed by atoms with Crippen LogP contribution in [0, 0.1) is 5.82 Å². The van der Waals surface area contributed by atoms with Gasteiger partial charge in [0.1, 0.15) is 11.5 Å². The monoisotopic (exact) mass is 410 g/mol. The predicted octanol–water partition coefficient (Wildman–Crippen LogP) is 3.46. The van der Waals surface area contributed by atoms with E-state index in [1.165, 1.54) is 24.3 Å². The number of carbonyl (C=O) groups excluding carboxylic acids is 2. The first-order valence-electron chi connectivity index (χ1n) is 8.65. The number of likely N-dealkylation sites (tertiary alicyclic amines) is 1. The molecule has 2 N–H and O–H groups in total. The third kappa shape index (κ3) is 4.82. The lowest BCUT2D eigenvalue weighted by Crippen LogP contribution is -2.37. The molecule has 1 aliphatic heterocycles. The van der Waals surface area contributed by atoms with Crippen molar-refractivity contribution >= 4 is 39.9 Å². The molecule has 0 radical (unpaired) electrons. The number of aromatic nitrogens is 1. The normalized spacial score (nSPS) is 15.5. The second kappa shape index (κ2) is 8.77. The molecule has 1 aromatic carbocycles. The van der Waals surface area contributed by atoms with E-state index < -0.39 is 0 Å². The van der Waals surface area contributed by atoms with Crippen LogP contribution >= 0.6 is 22.9 Å². The summed E-state index contributed by atoms with van der Waals surface area (Å²) >= 11 is 7.43. The van der Waals surface area contributed by atoms with Crippen molar-refractivity contribution < 1.29 is 14.0 Å². The second-order valence-electron chi connectivity index (χ2n) is 6.32. The highest BCUT2D eigenvalue weighted by Gasteiger charge is 2.28. The fraction of sp³-hybridized carbons (Fsp3) is 0.389. The Hall–Kier alpha value is -2.03. The number of benzene rings is 1. The highest BCUT2D eigenvalue weighted by molar-refractivity contribution is 7.14. The molecule has 0 bridgehead atoms. The van der Waals surface area contributed by atoms with Crippen molar-refractivity contribution in [3.8, 4) is 0 Å². The molecule has 1 aromatic heterocycles. The Bertz CT molecular complexity index is 818. The van der Waals surface area contributed by atoms with Crippen LogP contribution in [-0.4, -0.2) is 41.3 Å². The minimum absolute atomic E-state index is 0.212.